The fourth-order valence-corrected chi connectivity index (χ4v) is 2.20. The van der Waals surface area contributed by atoms with Crippen LogP contribution in [0.3, 0.4) is 0 Å². The monoisotopic (exact) mass is 311 g/mol. The summed E-state index contributed by atoms with van der Waals surface area (Å²) >= 11 is 0. The van der Waals surface area contributed by atoms with Crippen LogP contribution in [-0.4, -0.2) is 19.3 Å². The molecule has 5 nitrogen and oxygen atoms in total. The van der Waals surface area contributed by atoms with Gasteiger partial charge in [0.1, 0.15) is 5.75 Å². The SMILES string of the molecule is CCOc1cccc(NC(=O)/C=C/c2ccc3c(c2)OCO3)c1. The van der Waals surface area contributed by atoms with E-state index >= 15 is 0 Å². The Morgan fingerprint density at radius 2 is 2.09 bits per heavy atom. The number of fused-ring (bicyclic) bond motifs is 1. The van der Waals surface area contributed by atoms with Crippen LogP contribution in [-0.2, 0) is 4.79 Å². The number of carbonyl (C=O) groups is 1. The summed E-state index contributed by atoms with van der Waals surface area (Å²) in [5.41, 5.74) is 1.56. The molecular formula is C18H17NO4. The third kappa shape index (κ3) is 3.83. The Labute approximate surface area is 134 Å². The second-order valence-electron chi connectivity index (χ2n) is 4.90. The molecule has 1 heterocycles. The highest BCUT2D eigenvalue weighted by molar-refractivity contribution is 6.02. The largest absolute Gasteiger partial charge is 0.494 e. The zero-order valence-electron chi connectivity index (χ0n) is 12.7. The van der Waals surface area contributed by atoms with Gasteiger partial charge in [0.2, 0.25) is 12.7 Å². The second kappa shape index (κ2) is 6.87. The predicted molar refractivity (Wildman–Crippen MR) is 87.8 cm³/mol. The van der Waals surface area contributed by atoms with Gasteiger partial charge < -0.3 is 19.5 Å². The molecule has 0 saturated heterocycles. The zero-order chi connectivity index (χ0) is 16.1. The molecule has 0 bridgehead atoms. The molecule has 1 aliphatic heterocycles. The topological polar surface area (TPSA) is 56.8 Å². The van der Waals surface area contributed by atoms with Crippen LogP contribution in [0.2, 0.25) is 0 Å². The Balaban J connectivity index is 1.63. The molecular weight excluding hydrogens is 294 g/mol. The highest BCUT2D eigenvalue weighted by atomic mass is 16.7. The van der Waals surface area contributed by atoms with Crippen molar-refractivity contribution in [1.29, 1.82) is 0 Å². The highest BCUT2D eigenvalue weighted by Crippen LogP contribution is 2.32. The number of amides is 1. The van der Waals surface area contributed by atoms with Gasteiger partial charge in [-0.15, -0.1) is 0 Å². The Morgan fingerprint density at radius 3 is 2.96 bits per heavy atom. The van der Waals surface area contributed by atoms with Gasteiger partial charge in [-0.2, -0.15) is 0 Å². The minimum Gasteiger partial charge on any atom is -0.494 e. The molecule has 1 N–H and O–H groups in total. The summed E-state index contributed by atoms with van der Waals surface area (Å²) in [7, 11) is 0. The summed E-state index contributed by atoms with van der Waals surface area (Å²) in [5, 5.41) is 2.80. The van der Waals surface area contributed by atoms with Gasteiger partial charge in [0, 0.05) is 17.8 Å². The summed E-state index contributed by atoms with van der Waals surface area (Å²) in [4.78, 5) is 12.0. The van der Waals surface area contributed by atoms with Crippen molar-refractivity contribution in [1.82, 2.24) is 0 Å². The Hall–Kier alpha value is -2.95. The quantitative estimate of drug-likeness (QED) is 0.859. The van der Waals surface area contributed by atoms with Gasteiger partial charge in [-0.25, -0.2) is 0 Å². The summed E-state index contributed by atoms with van der Waals surface area (Å²) in [6.07, 6.45) is 3.20. The predicted octanol–water partition coefficient (Wildman–Crippen LogP) is 3.47. The summed E-state index contributed by atoms with van der Waals surface area (Å²) in [6, 6.07) is 12.8. The average molecular weight is 311 g/mol. The molecule has 0 fully saturated rings. The van der Waals surface area contributed by atoms with Crippen LogP contribution in [0.25, 0.3) is 6.08 Å². The standard InChI is InChI=1S/C18H17NO4/c1-2-21-15-5-3-4-14(11-15)19-18(20)9-7-13-6-8-16-17(10-13)23-12-22-16/h3-11H,2,12H2,1H3,(H,19,20)/b9-7+. The maximum absolute atomic E-state index is 12.0. The van der Waals surface area contributed by atoms with Crippen molar-refractivity contribution < 1.29 is 19.0 Å². The van der Waals surface area contributed by atoms with E-state index in [2.05, 4.69) is 5.32 Å². The van der Waals surface area contributed by atoms with E-state index in [9.17, 15) is 4.79 Å². The van der Waals surface area contributed by atoms with Gasteiger partial charge >= 0.3 is 0 Å². The lowest BCUT2D eigenvalue weighted by Crippen LogP contribution is -2.07. The van der Waals surface area contributed by atoms with E-state index < -0.39 is 0 Å². The number of ether oxygens (including phenoxy) is 3. The van der Waals surface area contributed by atoms with Crippen molar-refractivity contribution >= 4 is 17.7 Å². The Morgan fingerprint density at radius 1 is 1.22 bits per heavy atom. The van der Waals surface area contributed by atoms with Crippen LogP contribution < -0.4 is 19.5 Å². The molecule has 2 aromatic rings. The molecule has 0 unspecified atom stereocenters. The lowest BCUT2D eigenvalue weighted by molar-refractivity contribution is -0.111. The van der Waals surface area contributed by atoms with Crippen molar-refractivity contribution in [3.05, 3.63) is 54.1 Å². The van der Waals surface area contributed by atoms with Crippen LogP contribution in [0.1, 0.15) is 12.5 Å². The minimum absolute atomic E-state index is 0.212. The molecule has 3 rings (SSSR count). The maximum atomic E-state index is 12.0. The van der Waals surface area contributed by atoms with Gasteiger partial charge in [-0.05, 0) is 42.8 Å². The van der Waals surface area contributed by atoms with Crippen molar-refractivity contribution in [3.63, 3.8) is 0 Å². The summed E-state index contributed by atoms with van der Waals surface area (Å²) < 4.78 is 16.0. The minimum atomic E-state index is -0.212. The molecule has 23 heavy (non-hydrogen) atoms. The first-order valence-electron chi connectivity index (χ1n) is 7.36. The molecule has 0 atom stereocenters. The number of hydrogen-bond acceptors (Lipinski definition) is 4. The molecule has 118 valence electrons. The van der Waals surface area contributed by atoms with Gasteiger partial charge in [-0.1, -0.05) is 12.1 Å². The number of benzene rings is 2. The van der Waals surface area contributed by atoms with Crippen LogP contribution in [0, 0.1) is 0 Å². The number of hydrogen-bond donors (Lipinski definition) is 1. The smallest absolute Gasteiger partial charge is 0.248 e. The molecule has 0 spiro atoms. The highest BCUT2D eigenvalue weighted by Gasteiger charge is 2.12. The lowest BCUT2D eigenvalue weighted by Gasteiger charge is -2.06. The molecule has 2 aromatic carbocycles. The van der Waals surface area contributed by atoms with Gasteiger partial charge in [0.25, 0.3) is 0 Å². The van der Waals surface area contributed by atoms with Crippen molar-refractivity contribution in [3.8, 4) is 17.2 Å². The zero-order valence-corrected chi connectivity index (χ0v) is 12.7. The van der Waals surface area contributed by atoms with Crippen molar-refractivity contribution in [2.24, 2.45) is 0 Å². The Bertz CT molecular complexity index is 740. The first-order valence-corrected chi connectivity index (χ1v) is 7.36. The fourth-order valence-electron chi connectivity index (χ4n) is 2.20. The molecule has 5 heteroatoms. The molecule has 0 aromatic heterocycles. The maximum Gasteiger partial charge on any atom is 0.248 e. The number of nitrogens with one attached hydrogen (secondary N) is 1. The van der Waals surface area contributed by atoms with E-state index in [1.807, 2.05) is 43.3 Å². The lowest BCUT2D eigenvalue weighted by atomic mass is 10.2. The third-order valence-electron chi connectivity index (χ3n) is 3.24. The van der Waals surface area contributed by atoms with Gasteiger partial charge in [-0.3, -0.25) is 4.79 Å². The van der Waals surface area contributed by atoms with E-state index in [1.54, 1.807) is 12.1 Å². The first-order chi connectivity index (χ1) is 11.2. The van der Waals surface area contributed by atoms with Crippen LogP contribution in [0.5, 0.6) is 17.2 Å². The fraction of sp³-hybridized carbons (Fsp3) is 0.167. The average Bonchev–Trinajstić information content (AvgIpc) is 3.01. The normalized spacial score (nSPS) is 12.4. The van der Waals surface area contributed by atoms with Crippen molar-refractivity contribution in [2.45, 2.75) is 6.92 Å². The van der Waals surface area contributed by atoms with Gasteiger partial charge in [0.05, 0.1) is 6.61 Å². The molecule has 1 aliphatic rings. The number of carbonyl (C=O) groups excluding carboxylic acids is 1. The van der Waals surface area contributed by atoms with E-state index in [0.29, 0.717) is 18.0 Å². The van der Waals surface area contributed by atoms with E-state index in [-0.39, 0.29) is 12.7 Å². The first kappa shape index (κ1) is 15.0. The third-order valence-corrected chi connectivity index (χ3v) is 3.24. The molecule has 0 saturated carbocycles. The second-order valence-corrected chi connectivity index (χ2v) is 4.90. The van der Waals surface area contributed by atoms with Gasteiger partial charge in [0.15, 0.2) is 11.5 Å². The van der Waals surface area contributed by atoms with Crippen molar-refractivity contribution in [2.75, 3.05) is 18.7 Å². The number of anilines is 1. The summed E-state index contributed by atoms with van der Waals surface area (Å²) in [6.45, 7) is 2.74. The van der Waals surface area contributed by atoms with E-state index in [4.69, 9.17) is 14.2 Å². The molecule has 0 radical (unpaired) electrons. The Kier molecular flexibility index (Phi) is 4.47. The van der Waals surface area contributed by atoms with E-state index in [0.717, 1.165) is 17.1 Å². The van der Waals surface area contributed by atoms with Crippen LogP contribution in [0.4, 0.5) is 5.69 Å². The van der Waals surface area contributed by atoms with Crippen LogP contribution >= 0.6 is 0 Å². The summed E-state index contributed by atoms with van der Waals surface area (Å²) in [5.74, 6) is 1.93. The van der Waals surface area contributed by atoms with E-state index in [1.165, 1.54) is 6.08 Å². The molecule has 1 amide bonds. The van der Waals surface area contributed by atoms with Crippen LogP contribution in [0.15, 0.2) is 48.5 Å². The molecule has 0 aliphatic carbocycles. The number of rotatable bonds is 5.